The van der Waals surface area contributed by atoms with Crippen molar-refractivity contribution in [2.75, 3.05) is 33.4 Å². The lowest BCUT2D eigenvalue weighted by molar-refractivity contribution is 0.0182. The van der Waals surface area contributed by atoms with Gasteiger partial charge in [-0.25, -0.2) is 9.37 Å². The van der Waals surface area contributed by atoms with Crippen LogP contribution in [0.2, 0.25) is 5.02 Å². The van der Waals surface area contributed by atoms with E-state index in [1.54, 1.807) is 36.4 Å². The van der Waals surface area contributed by atoms with Gasteiger partial charge in [0.15, 0.2) is 11.6 Å². The van der Waals surface area contributed by atoms with Gasteiger partial charge in [0.05, 0.1) is 43.9 Å². The summed E-state index contributed by atoms with van der Waals surface area (Å²) in [6.07, 6.45) is 5.12. The Bertz CT molecular complexity index is 1260. The monoisotopic (exact) mass is 459 g/mol. The van der Waals surface area contributed by atoms with Crippen molar-refractivity contribution in [3.8, 4) is 23.0 Å². The first-order valence-corrected chi connectivity index (χ1v) is 10.7. The zero-order valence-electron chi connectivity index (χ0n) is 18.0. The van der Waals surface area contributed by atoms with Gasteiger partial charge in [0.1, 0.15) is 22.3 Å². The molecule has 0 amide bonds. The Kier molecular flexibility index (Phi) is 5.36. The Morgan fingerprint density at radius 1 is 1.28 bits per heavy atom. The molecule has 4 aromatic rings. The van der Waals surface area contributed by atoms with E-state index in [9.17, 15) is 0 Å². The Morgan fingerprint density at radius 2 is 2.06 bits per heavy atom. The van der Waals surface area contributed by atoms with Crippen molar-refractivity contribution in [2.45, 2.75) is 13.0 Å². The molecule has 0 bridgehead atoms. The summed E-state index contributed by atoms with van der Waals surface area (Å²) in [6, 6.07) is 1.77. The molecule has 1 atom stereocenters. The molecule has 0 radical (unpaired) electrons. The zero-order chi connectivity index (χ0) is 22.4. The number of halogens is 2. The van der Waals surface area contributed by atoms with Crippen LogP contribution in [-0.4, -0.2) is 67.6 Å². The summed E-state index contributed by atoms with van der Waals surface area (Å²) < 4.78 is 29.6. The Hall–Kier alpha value is -2.95. The highest BCUT2D eigenvalue weighted by Gasteiger charge is 2.28. The quantitative estimate of drug-likeness (QED) is 0.492. The van der Waals surface area contributed by atoms with Crippen LogP contribution in [0.5, 0.6) is 5.75 Å². The molecule has 0 spiro atoms. The van der Waals surface area contributed by atoms with Gasteiger partial charge >= 0.3 is 0 Å². The molecule has 5 rings (SSSR count). The molecule has 1 aromatic carbocycles. The fourth-order valence-corrected chi connectivity index (χ4v) is 4.50. The lowest BCUT2D eigenvalue weighted by Gasteiger charge is -2.30. The highest BCUT2D eigenvalue weighted by atomic mass is 35.5. The van der Waals surface area contributed by atoms with Crippen molar-refractivity contribution >= 4 is 22.5 Å². The third-order valence-electron chi connectivity index (χ3n) is 6.00. The van der Waals surface area contributed by atoms with Crippen molar-refractivity contribution in [3.05, 3.63) is 41.5 Å². The number of nitrogens with one attached hydrogen (secondary N) is 1. The van der Waals surface area contributed by atoms with Crippen LogP contribution in [0.15, 0.2) is 24.8 Å². The highest BCUT2D eigenvalue weighted by Crippen LogP contribution is 2.41. The molecule has 0 aliphatic carbocycles. The van der Waals surface area contributed by atoms with Crippen LogP contribution in [0.4, 0.5) is 4.39 Å². The number of H-pyrrole nitrogens is 1. The molecule has 32 heavy (non-hydrogen) atoms. The summed E-state index contributed by atoms with van der Waals surface area (Å²) in [6.45, 7) is 5.13. The molecule has 1 N–H and O–H groups in total. The van der Waals surface area contributed by atoms with Gasteiger partial charge in [-0.2, -0.15) is 0 Å². The average Bonchev–Trinajstić information content (AvgIpc) is 3.55. The van der Waals surface area contributed by atoms with E-state index in [0.29, 0.717) is 41.3 Å². The second-order valence-corrected chi connectivity index (χ2v) is 8.09. The molecule has 1 saturated heterocycles. The number of hydrogen-bond acceptors (Lipinski definition) is 6. The van der Waals surface area contributed by atoms with E-state index in [1.807, 2.05) is 4.57 Å². The van der Waals surface area contributed by atoms with Crippen LogP contribution in [0.25, 0.3) is 28.1 Å². The number of hydrogen-bond donors (Lipinski definition) is 1. The summed E-state index contributed by atoms with van der Waals surface area (Å²) in [5, 5.41) is 9.38. The summed E-state index contributed by atoms with van der Waals surface area (Å²) >= 11 is 6.22. The maximum absolute atomic E-state index is 15.3. The van der Waals surface area contributed by atoms with Gasteiger partial charge < -0.3 is 23.6 Å². The first-order valence-electron chi connectivity index (χ1n) is 10.3. The number of rotatable bonds is 5. The molecule has 0 saturated carbocycles. The van der Waals surface area contributed by atoms with Gasteiger partial charge in [0.25, 0.3) is 0 Å². The number of methoxy groups -OCH3 is 1. The van der Waals surface area contributed by atoms with Gasteiger partial charge in [-0.1, -0.05) is 11.6 Å². The van der Waals surface area contributed by atoms with E-state index in [2.05, 4.69) is 32.0 Å². The van der Waals surface area contributed by atoms with Crippen LogP contribution >= 0.6 is 11.6 Å². The topological polar surface area (TPSA) is 86.0 Å². The summed E-state index contributed by atoms with van der Waals surface area (Å²) in [4.78, 5) is 9.80. The van der Waals surface area contributed by atoms with Crippen LogP contribution in [0.1, 0.15) is 18.8 Å². The largest absolute Gasteiger partial charge is 0.495 e. The van der Waals surface area contributed by atoms with Crippen molar-refractivity contribution in [1.82, 2.24) is 34.2 Å². The van der Waals surface area contributed by atoms with Crippen molar-refractivity contribution in [2.24, 2.45) is 7.05 Å². The molecule has 1 fully saturated rings. The van der Waals surface area contributed by atoms with Crippen LogP contribution in [-0.2, 0) is 11.8 Å². The number of ether oxygens (including phenoxy) is 2. The number of benzene rings is 1. The number of aryl methyl sites for hydroxylation is 1. The smallest absolute Gasteiger partial charge is 0.180 e. The van der Waals surface area contributed by atoms with Gasteiger partial charge in [0.2, 0.25) is 0 Å². The van der Waals surface area contributed by atoms with Gasteiger partial charge in [0, 0.05) is 37.9 Å². The summed E-state index contributed by atoms with van der Waals surface area (Å²) in [7, 11) is 3.24. The standard InChI is InChI=1S/C21H23ClFN7O2/c1-12(29-6-8-32-9-7-29)20-25-21(27-26-20)19-18(30-5-4-24-11-30)13-10-14(31-3)15(22)16(23)17(13)28(19)2/h4-5,10-12H,6-9H2,1-3H3,(H,25,26,27)/t12-/m1/s1. The predicted octanol–water partition coefficient (Wildman–Crippen LogP) is 3.34. The van der Waals surface area contributed by atoms with E-state index in [-0.39, 0.29) is 16.8 Å². The van der Waals surface area contributed by atoms with Crippen LogP contribution in [0.3, 0.4) is 0 Å². The minimum atomic E-state index is -0.558. The number of aromatic nitrogens is 6. The molecular weight excluding hydrogens is 437 g/mol. The van der Waals surface area contributed by atoms with Crippen molar-refractivity contribution in [1.29, 1.82) is 0 Å². The van der Waals surface area contributed by atoms with E-state index < -0.39 is 5.82 Å². The van der Waals surface area contributed by atoms with E-state index >= 15 is 4.39 Å². The van der Waals surface area contributed by atoms with Gasteiger partial charge in [-0.15, -0.1) is 10.2 Å². The molecule has 168 valence electrons. The fraction of sp³-hybridized carbons (Fsp3) is 0.381. The molecule has 9 nitrogen and oxygen atoms in total. The van der Waals surface area contributed by atoms with Gasteiger partial charge in [-0.05, 0) is 13.0 Å². The van der Waals surface area contributed by atoms with E-state index in [1.165, 1.54) is 7.11 Å². The molecular formula is C21H23ClFN7O2. The highest BCUT2D eigenvalue weighted by molar-refractivity contribution is 6.33. The predicted molar refractivity (Wildman–Crippen MR) is 118 cm³/mol. The normalized spacial score (nSPS) is 16.0. The van der Waals surface area contributed by atoms with E-state index in [0.717, 1.165) is 18.9 Å². The molecule has 11 heteroatoms. The third kappa shape index (κ3) is 3.26. The van der Waals surface area contributed by atoms with E-state index in [4.69, 9.17) is 21.1 Å². The minimum Gasteiger partial charge on any atom is -0.495 e. The number of imidazole rings is 1. The molecule has 4 heterocycles. The molecule has 3 aromatic heterocycles. The second kappa shape index (κ2) is 8.19. The zero-order valence-corrected chi connectivity index (χ0v) is 18.7. The number of morpholine rings is 1. The molecule has 1 aliphatic heterocycles. The first kappa shape index (κ1) is 20.9. The Morgan fingerprint density at radius 3 is 2.75 bits per heavy atom. The first-order chi connectivity index (χ1) is 15.5. The number of aromatic amines is 1. The summed E-state index contributed by atoms with van der Waals surface area (Å²) in [5.74, 6) is 0.962. The molecule has 0 unspecified atom stereocenters. The minimum absolute atomic E-state index is 0.0396. The number of nitrogens with zero attached hydrogens (tertiary/aromatic N) is 6. The molecule has 1 aliphatic rings. The lowest BCUT2D eigenvalue weighted by Crippen LogP contribution is -2.38. The summed E-state index contributed by atoms with van der Waals surface area (Å²) in [5.41, 5.74) is 1.71. The maximum atomic E-state index is 15.3. The van der Waals surface area contributed by atoms with Crippen molar-refractivity contribution in [3.63, 3.8) is 0 Å². The Balaban J connectivity index is 1.69. The fourth-order valence-electron chi connectivity index (χ4n) is 4.28. The van der Waals surface area contributed by atoms with Crippen LogP contribution < -0.4 is 4.74 Å². The lowest BCUT2D eigenvalue weighted by atomic mass is 10.2. The number of fused-ring (bicyclic) bond motifs is 1. The average molecular weight is 460 g/mol. The third-order valence-corrected chi connectivity index (χ3v) is 6.35. The maximum Gasteiger partial charge on any atom is 0.180 e. The van der Waals surface area contributed by atoms with Crippen molar-refractivity contribution < 1.29 is 13.9 Å². The van der Waals surface area contributed by atoms with Crippen LogP contribution in [0, 0.1) is 5.82 Å². The SMILES string of the molecule is COc1cc2c(-n3ccnc3)c(-c3nnc([C@@H](C)N4CCOCC4)[nH]3)n(C)c2c(F)c1Cl. The second-order valence-electron chi connectivity index (χ2n) is 7.71. The Labute approximate surface area is 188 Å². The van der Waals surface area contributed by atoms with Gasteiger partial charge in [-0.3, -0.25) is 4.90 Å².